The number of nitrogens with zero attached hydrogens (tertiary/aromatic N) is 3. The lowest BCUT2D eigenvalue weighted by Gasteiger charge is -2.39. The maximum absolute atomic E-state index is 13.3. The van der Waals surface area contributed by atoms with E-state index in [1.54, 1.807) is 6.07 Å². The minimum absolute atomic E-state index is 0.194. The van der Waals surface area contributed by atoms with Crippen molar-refractivity contribution in [3.63, 3.8) is 0 Å². The zero-order valence-corrected chi connectivity index (χ0v) is 12.1. The van der Waals surface area contributed by atoms with Crippen molar-refractivity contribution in [3.8, 4) is 0 Å². The van der Waals surface area contributed by atoms with Gasteiger partial charge in [0.05, 0.1) is 16.4 Å². The molecule has 1 aromatic rings. The van der Waals surface area contributed by atoms with E-state index in [1.807, 2.05) is 0 Å². The van der Waals surface area contributed by atoms with Gasteiger partial charge < -0.3 is 15.5 Å². The third kappa shape index (κ3) is 2.29. The van der Waals surface area contributed by atoms with Gasteiger partial charge in [0.25, 0.3) is 0 Å². The van der Waals surface area contributed by atoms with E-state index in [1.165, 1.54) is 31.0 Å². The standard InChI is InChI=1S/C13H11ClF3N5/c1-12(13(15,16)17)20-5-10-9(14)4-8(6-22(10)12)21-11-2-3-18-7-19-11/h2-7,20H,1H3,(H,18,19,21). The van der Waals surface area contributed by atoms with Crippen molar-refractivity contribution in [2.24, 2.45) is 0 Å². The second-order valence-corrected chi connectivity index (χ2v) is 5.32. The van der Waals surface area contributed by atoms with Gasteiger partial charge in [-0.1, -0.05) is 11.6 Å². The van der Waals surface area contributed by atoms with Crippen molar-refractivity contribution in [2.45, 2.75) is 18.8 Å². The average molecular weight is 330 g/mol. The molecule has 1 atom stereocenters. The number of allylic oxidation sites excluding steroid dienone is 2. The molecular formula is C13H11ClF3N5. The van der Waals surface area contributed by atoms with E-state index >= 15 is 0 Å². The molecule has 116 valence electrons. The van der Waals surface area contributed by atoms with Crippen LogP contribution >= 0.6 is 11.6 Å². The number of aromatic nitrogens is 2. The number of alkyl halides is 3. The summed E-state index contributed by atoms with van der Waals surface area (Å²) in [6.07, 6.45) is 2.50. The van der Waals surface area contributed by atoms with Crippen molar-refractivity contribution in [3.05, 3.63) is 53.5 Å². The highest BCUT2D eigenvalue weighted by molar-refractivity contribution is 6.32. The fourth-order valence-electron chi connectivity index (χ4n) is 2.16. The first kappa shape index (κ1) is 14.7. The molecule has 1 aromatic heterocycles. The molecule has 2 aliphatic heterocycles. The zero-order valence-electron chi connectivity index (χ0n) is 11.3. The molecule has 0 fully saturated rings. The van der Waals surface area contributed by atoms with Gasteiger partial charge in [-0.05, 0) is 19.1 Å². The summed E-state index contributed by atoms with van der Waals surface area (Å²) in [7, 11) is 0. The van der Waals surface area contributed by atoms with E-state index in [9.17, 15) is 13.2 Å². The Kier molecular flexibility index (Phi) is 3.28. The lowest BCUT2D eigenvalue weighted by Crippen LogP contribution is -2.59. The zero-order chi connectivity index (χ0) is 16.0. The fourth-order valence-corrected chi connectivity index (χ4v) is 2.42. The number of hydrogen-bond donors (Lipinski definition) is 2. The van der Waals surface area contributed by atoms with Crippen molar-refractivity contribution in [1.82, 2.24) is 20.2 Å². The molecule has 3 heterocycles. The first-order valence-corrected chi connectivity index (χ1v) is 6.65. The lowest BCUT2D eigenvalue weighted by molar-refractivity contribution is -0.215. The van der Waals surface area contributed by atoms with Crippen LogP contribution in [0, 0.1) is 0 Å². The smallest absolute Gasteiger partial charge is 0.359 e. The van der Waals surface area contributed by atoms with Gasteiger partial charge in [-0.3, -0.25) is 0 Å². The third-order valence-corrected chi connectivity index (χ3v) is 3.74. The Labute approximate surface area is 129 Å². The van der Waals surface area contributed by atoms with E-state index < -0.39 is 11.8 Å². The largest absolute Gasteiger partial charge is 0.430 e. The quantitative estimate of drug-likeness (QED) is 0.874. The summed E-state index contributed by atoms with van der Waals surface area (Å²) in [6, 6.07) is 1.60. The van der Waals surface area contributed by atoms with Crippen molar-refractivity contribution < 1.29 is 13.2 Å². The highest BCUT2D eigenvalue weighted by atomic mass is 35.5. The van der Waals surface area contributed by atoms with Crippen LogP contribution in [0.5, 0.6) is 0 Å². The van der Waals surface area contributed by atoms with E-state index in [0.717, 1.165) is 11.8 Å². The van der Waals surface area contributed by atoms with Crippen molar-refractivity contribution in [1.29, 1.82) is 0 Å². The summed E-state index contributed by atoms with van der Waals surface area (Å²) in [5, 5.41) is 5.44. The minimum Gasteiger partial charge on any atom is -0.359 e. The van der Waals surface area contributed by atoms with Gasteiger partial charge in [-0.2, -0.15) is 13.2 Å². The maximum atomic E-state index is 13.3. The highest BCUT2D eigenvalue weighted by Crippen LogP contribution is 2.43. The second kappa shape index (κ2) is 4.91. The van der Waals surface area contributed by atoms with Gasteiger partial charge in [-0.25, -0.2) is 9.97 Å². The molecule has 0 aliphatic carbocycles. The molecule has 2 aliphatic rings. The van der Waals surface area contributed by atoms with Crippen LogP contribution in [0.1, 0.15) is 6.92 Å². The van der Waals surface area contributed by atoms with Crippen LogP contribution in [0.25, 0.3) is 0 Å². The van der Waals surface area contributed by atoms with Gasteiger partial charge in [0, 0.05) is 18.6 Å². The average Bonchev–Trinajstić information content (AvgIpc) is 2.79. The number of rotatable bonds is 2. The van der Waals surface area contributed by atoms with E-state index in [0.29, 0.717) is 11.5 Å². The first-order chi connectivity index (χ1) is 10.3. The summed E-state index contributed by atoms with van der Waals surface area (Å²) < 4.78 is 40.0. The SMILES string of the molecule is CC1(C(F)(F)F)NC=C2C(Cl)=CC(Nc3ccncn3)=CN21. The number of hydrogen-bond acceptors (Lipinski definition) is 5. The first-order valence-electron chi connectivity index (χ1n) is 6.27. The van der Waals surface area contributed by atoms with Gasteiger partial charge >= 0.3 is 6.18 Å². The minimum atomic E-state index is -4.49. The summed E-state index contributed by atoms with van der Waals surface area (Å²) in [6.45, 7) is 1.05. The van der Waals surface area contributed by atoms with Crippen molar-refractivity contribution >= 4 is 17.4 Å². The van der Waals surface area contributed by atoms with E-state index in [-0.39, 0.29) is 10.7 Å². The van der Waals surface area contributed by atoms with Crippen molar-refractivity contribution in [2.75, 3.05) is 5.32 Å². The van der Waals surface area contributed by atoms with Crippen LogP contribution in [-0.4, -0.2) is 26.7 Å². The topological polar surface area (TPSA) is 53.1 Å². The number of fused-ring (bicyclic) bond motifs is 1. The van der Waals surface area contributed by atoms with Gasteiger partial charge in [-0.15, -0.1) is 0 Å². The molecule has 0 radical (unpaired) electrons. The molecule has 9 heteroatoms. The number of nitrogens with one attached hydrogen (secondary N) is 2. The Morgan fingerprint density at radius 2 is 2.18 bits per heavy atom. The highest BCUT2D eigenvalue weighted by Gasteiger charge is 2.58. The fraction of sp³-hybridized carbons (Fsp3) is 0.231. The molecule has 3 rings (SSSR count). The van der Waals surface area contributed by atoms with Crippen LogP contribution in [0.4, 0.5) is 19.0 Å². The number of anilines is 1. The van der Waals surface area contributed by atoms with E-state index in [2.05, 4.69) is 20.6 Å². The Morgan fingerprint density at radius 1 is 1.41 bits per heavy atom. The second-order valence-electron chi connectivity index (χ2n) is 4.91. The van der Waals surface area contributed by atoms with Crippen LogP contribution in [-0.2, 0) is 0 Å². The molecule has 0 spiro atoms. The summed E-state index contributed by atoms with van der Waals surface area (Å²) in [5.41, 5.74) is -1.61. The molecule has 2 N–H and O–H groups in total. The molecule has 0 amide bonds. The molecule has 1 unspecified atom stereocenters. The van der Waals surface area contributed by atoms with Gasteiger partial charge in [0.1, 0.15) is 12.1 Å². The Bertz CT molecular complexity index is 683. The van der Waals surface area contributed by atoms with Crippen LogP contribution < -0.4 is 10.6 Å². The lowest BCUT2D eigenvalue weighted by atomic mass is 10.1. The number of halogens is 4. The molecular weight excluding hydrogens is 319 g/mol. The van der Waals surface area contributed by atoms with Gasteiger partial charge in [0.2, 0.25) is 5.66 Å². The Balaban J connectivity index is 1.94. The summed E-state index contributed by atoms with van der Waals surface area (Å²) in [4.78, 5) is 8.79. The van der Waals surface area contributed by atoms with Crippen LogP contribution in [0.15, 0.2) is 53.5 Å². The normalized spacial score (nSPS) is 24.0. The molecule has 0 saturated carbocycles. The Morgan fingerprint density at radius 3 is 2.82 bits per heavy atom. The van der Waals surface area contributed by atoms with Gasteiger partial charge in [0.15, 0.2) is 0 Å². The van der Waals surface area contributed by atoms with E-state index in [4.69, 9.17) is 11.6 Å². The third-order valence-electron chi connectivity index (χ3n) is 3.43. The maximum Gasteiger partial charge on any atom is 0.430 e. The molecule has 0 bridgehead atoms. The monoisotopic (exact) mass is 329 g/mol. The molecule has 0 saturated heterocycles. The predicted molar refractivity (Wildman–Crippen MR) is 75.2 cm³/mol. The summed E-state index contributed by atoms with van der Waals surface area (Å²) in [5.74, 6) is 0.454. The predicted octanol–water partition coefficient (Wildman–Crippen LogP) is 2.89. The Hall–Kier alpha value is -2.22. The molecule has 22 heavy (non-hydrogen) atoms. The summed E-state index contributed by atoms with van der Waals surface area (Å²) >= 11 is 6.09. The van der Waals surface area contributed by atoms with Crippen LogP contribution in [0.3, 0.4) is 0 Å². The molecule has 5 nitrogen and oxygen atoms in total. The molecule has 0 aromatic carbocycles. The van der Waals surface area contributed by atoms with Crippen LogP contribution in [0.2, 0.25) is 0 Å².